The van der Waals surface area contributed by atoms with Gasteiger partial charge in [-0.3, -0.25) is 4.79 Å². The van der Waals surface area contributed by atoms with E-state index >= 15 is 0 Å². The second kappa shape index (κ2) is 11.1. The van der Waals surface area contributed by atoms with Gasteiger partial charge in [0.2, 0.25) is 5.88 Å². The maximum absolute atomic E-state index is 13.4. The van der Waals surface area contributed by atoms with Gasteiger partial charge in [0, 0.05) is 44.3 Å². The number of aromatic nitrogens is 3. The van der Waals surface area contributed by atoms with Crippen molar-refractivity contribution in [2.24, 2.45) is 5.41 Å². The van der Waals surface area contributed by atoms with Crippen LogP contribution in [0.25, 0.3) is 22.5 Å². The van der Waals surface area contributed by atoms with Gasteiger partial charge < -0.3 is 19.1 Å². The largest absolute Gasteiger partial charge is 0.481 e. The zero-order chi connectivity index (χ0) is 27.4. The van der Waals surface area contributed by atoms with Crippen molar-refractivity contribution in [1.82, 2.24) is 14.5 Å². The Hall–Kier alpha value is -3.18. The molecule has 0 spiro atoms. The maximum Gasteiger partial charge on any atom is 0.434 e. The van der Waals surface area contributed by atoms with Crippen molar-refractivity contribution in [3.63, 3.8) is 0 Å². The molecule has 11 heteroatoms. The Kier molecular flexibility index (Phi) is 8.48. The number of benzene rings is 1. The second-order valence-corrected chi connectivity index (χ2v) is 16.3. The Morgan fingerprint density at radius 2 is 1.65 bits per heavy atom. The summed E-state index contributed by atoms with van der Waals surface area (Å²) in [7, 11) is -1.32. The minimum Gasteiger partial charge on any atom is -0.481 e. The number of aliphatic carboxylic acids is 1. The molecule has 0 atom stereocenters. The molecule has 0 radical (unpaired) electrons. The van der Waals surface area contributed by atoms with Crippen LogP contribution in [0.4, 0.5) is 13.2 Å². The number of rotatable bonds is 11. The first-order valence-corrected chi connectivity index (χ1v) is 15.5. The highest BCUT2D eigenvalue weighted by Crippen LogP contribution is 2.32. The molecule has 3 rings (SSSR count). The second-order valence-electron chi connectivity index (χ2n) is 10.7. The molecule has 2 heterocycles. The number of carbonyl (C=O) groups is 1. The third-order valence-electron chi connectivity index (χ3n) is 5.67. The lowest BCUT2D eigenvalue weighted by atomic mass is 9.95. The van der Waals surface area contributed by atoms with Crippen LogP contribution in [0.1, 0.15) is 19.5 Å². The Morgan fingerprint density at radius 1 is 1.03 bits per heavy atom. The molecule has 1 aromatic carbocycles. The molecule has 0 aliphatic heterocycles. The molecule has 0 aliphatic carbocycles. The van der Waals surface area contributed by atoms with E-state index < -0.39 is 31.3 Å². The van der Waals surface area contributed by atoms with E-state index in [2.05, 4.69) is 29.6 Å². The zero-order valence-electron chi connectivity index (χ0n) is 21.6. The number of nitrogens with zero attached hydrogens (tertiary/aromatic N) is 3. The Morgan fingerprint density at radius 3 is 2.19 bits per heavy atom. The molecule has 0 bridgehead atoms. The number of alkyl halides is 3. The predicted molar refractivity (Wildman–Crippen MR) is 137 cm³/mol. The molecule has 0 aliphatic rings. The lowest BCUT2D eigenvalue weighted by molar-refractivity contribution is -0.148. The number of hydrogen-bond acceptors (Lipinski definition) is 5. The fourth-order valence-electron chi connectivity index (χ4n) is 3.19. The van der Waals surface area contributed by atoms with Crippen LogP contribution in [0, 0.1) is 5.41 Å². The highest BCUT2D eigenvalue weighted by Gasteiger charge is 2.35. The van der Waals surface area contributed by atoms with Crippen LogP contribution in [-0.4, -0.2) is 46.9 Å². The Bertz CT molecular complexity index is 1200. The molecular weight excluding hydrogens is 503 g/mol. The van der Waals surface area contributed by atoms with Crippen molar-refractivity contribution in [2.45, 2.75) is 52.4 Å². The van der Waals surface area contributed by atoms with Crippen LogP contribution in [0.5, 0.6) is 5.88 Å². The Labute approximate surface area is 215 Å². The number of pyridine rings is 1. The molecule has 3 aromatic rings. The molecular formula is C26H32F3N3O4Si. The van der Waals surface area contributed by atoms with Gasteiger partial charge >= 0.3 is 12.1 Å². The number of ether oxygens (including phenoxy) is 2. The molecule has 0 amide bonds. The van der Waals surface area contributed by atoms with Gasteiger partial charge in [0.1, 0.15) is 19.2 Å². The van der Waals surface area contributed by atoms with Crippen molar-refractivity contribution in [3.8, 4) is 28.4 Å². The van der Waals surface area contributed by atoms with E-state index in [9.17, 15) is 23.1 Å². The van der Waals surface area contributed by atoms with E-state index in [0.717, 1.165) is 23.4 Å². The van der Waals surface area contributed by atoms with Gasteiger partial charge in [-0.05, 0) is 31.5 Å². The summed E-state index contributed by atoms with van der Waals surface area (Å²) in [4.78, 5) is 19.3. The first kappa shape index (κ1) is 28.4. The van der Waals surface area contributed by atoms with E-state index in [1.165, 1.54) is 4.57 Å². The first-order valence-electron chi connectivity index (χ1n) is 11.8. The summed E-state index contributed by atoms with van der Waals surface area (Å²) in [6.45, 7) is 10.2. The molecule has 37 heavy (non-hydrogen) atoms. The normalized spacial score (nSPS) is 12.5. The van der Waals surface area contributed by atoms with Crippen LogP contribution in [-0.2, 0) is 22.4 Å². The quantitative estimate of drug-likeness (QED) is 0.225. The van der Waals surface area contributed by atoms with Crippen LogP contribution >= 0.6 is 0 Å². The van der Waals surface area contributed by atoms with Crippen molar-refractivity contribution in [1.29, 1.82) is 0 Å². The van der Waals surface area contributed by atoms with E-state index in [0.29, 0.717) is 18.1 Å². The number of carboxylic acids is 1. The minimum atomic E-state index is -4.56. The van der Waals surface area contributed by atoms with Crippen molar-refractivity contribution in [3.05, 3.63) is 54.5 Å². The van der Waals surface area contributed by atoms with Gasteiger partial charge in [-0.1, -0.05) is 43.9 Å². The monoisotopic (exact) mass is 535 g/mol. The Balaban J connectivity index is 1.75. The topological polar surface area (TPSA) is 86.5 Å². The number of carboxylic acid groups (broad SMARTS) is 1. The fourth-order valence-corrected chi connectivity index (χ4v) is 3.94. The summed E-state index contributed by atoms with van der Waals surface area (Å²) in [5.41, 5.74) is 0.0791. The lowest BCUT2D eigenvalue weighted by Gasteiger charge is -2.19. The van der Waals surface area contributed by atoms with Crippen LogP contribution in [0.2, 0.25) is 25.7 Å². The third-order valence-corrected chi connectivity index (χ3v) is 7.37. The zero-order valence-corrected chi connectivity index (χ0v) is 22.6. The summed E-state index contributed by atoms with van der Waals surface area (Å²) in [6.07, 6.45) is -1.99. The van der Waals surface area contributed by atoms with E-state index in [-0.39, 0.29) is 19.2 Å². The van der Waals surface area contributed by atoms with Crippen LogP contribution in [0.15, 0.2) is 48.8 Å². The number of imidazole rings is 1. The molecule has 2 aromatic heterocycles. The van der Waals surface area contributed by atoms with Crippen LogP contribution < -0.4 is 4.74 Å². The SMILES string of the molecule is CC(C)(COc1ccc(-c2ccc(-c3nc(C(F)(F)F)cn3COCC[Si](C)(C)C)cc2)cn1)C(=O)O. The summed E-state index contributed by atoms with van der Waals surface area (Å²) in [5.74, 6) is -0.495. The van der Waals surface area contributed by atoms with Crippen molar-refractivity contribution in [2.75, 3.05) is 13.2 Å². The summed E-state index contributed by atoms with van der Waals surface area (Å²) in [6, 6.07) is 11.3. The van der Waals surface area contributed by atoms with Gasteiger partial charge in [-0.15, -0.1) is 0 Å². The molecule has 1 N–H and O–H groups in total. The summed E-state index contributed by atoms with van der Waals surface area (Å²) >= 11 is 0. The summed E-state index contributed by atoms with van der Waals surface area (Å²) in [5, 5.41) is 9.19. The molecule has 0 fully saturated rings. The standard InChI is InChI=1S/C26H32F3N3O4Si/c1-25(2,24(33)34)16-36-22-11-10-20(14-30-22)18-6-8-19(9-7-18)23-31-21(26(27,28)29)15-32(23)17-35-12-13-37(3,4)5/h6-11,14-15H,12-13,16-17H2,1-5H3,(H,33,34). The average molecular weight is 536 g/mol. The van der Waals surface area contributed by atoms with Gasteiger partial charge in [-0.25, -0.2) is 9.97 Å². The predicted octanol–water partition coefficient (Wildman–Crippen LogP) is 6.43. The summed E-state index contributed by atoms with van der Waals surface area (Å²) < 4.78 is 52.6. The van der Waals surface area contributed by atoms with Gasteiger partial charge in [0.25, 0.3) is 0 Å². The van der Waals surface area contributed by atoms with Crippen LogP contribution in [0.3, 0.4) is 0 Å². The average Bonchev–Trinajstić information content (AvgIpc) is 3.25. The maximum atomic E-state index is 13.4. The van der Waals surface area contributed by atoms with E-state index in [1.807, 2.05) is 0 Å². The highest BCUT2D eigenvalue weighted by atomic mass is 28.3. The lowest BCUT2D eigenvalue weighted by Crippen LogP contribution is -2.30. The van der Waals surface area contributed by atoms with Crippen molar-refractivity contribution < 1.29 is 32.5 Å². The number of halogens is 3. The third kappa shape index (κ3) is 7.90. The molecule has 0 unspecified atom stereocenters. The van der Waals surface area contributed by atoms with Gasteiger partial charge in [-0.2, -0.15) is 13.2 Å². The molecule has 0 saturated carbocycles. The smallest absolute Gasteiger partial charge is 0.434 e. The van der Waals surface area contributed by atoms with Gasteiger partial charge in [0.05, 0.1) is 5.41 Å². The molecule has 200 valence electrons. The molecule has 7 nitrogen and oxygen atoms in total. The van der Waals surface area contributed by atoms with Crippen molar-refractivity contribution >= 4 is 14.0 Å². The van der Waals surface area contributed by atoms with E-state index in [4.69, 9.17) is 9.47 Å². The molecule has 0 saturated heterocycles. The highest BCUT2D eigenvalue weighted by molar-refractivity contribution is 6.76. The van der Waals surface area contributed by atoms with E-state index in [1.54, 1.807) is 56.4 Å². The minimum absolute atomic E-state index is 0.0191. The first-order chi connectivity index (χ1) is 17.2. The van der Waals surface area contributed by atoms with Gasteiger partial charge in [0.15, 0.2) is 5.69 Å². The number of hydrogen-bond donors (Lipinski definition) is 1. The fraction of sp³-hybridized carbons (Fsp3) is 0.423.